The van der Waals surface area contributed by atoms with E-state index in [1.807, 2.05) is 36.4 Å². The molecular weight excluding hydrogens is 536 g/mol. The Morgan fingerprint density at radius 1 is 1.03 bits per heavy atom. The predicted molar refractivity (Wildman–Crippen MR) is 156 cm³/mol. The fourth-order valence-electron chi connectivity index (χ4n) is 5.70. The lowest BCUT2D eigenvalue weighted by Crippen LogP contribution is -2.26. The van der Waals surface area contributed by atoms with Gasteiger partial charge in [-0.25, -0.2) is 0 Å². The van der Waals surface area contributed by atoms with Crippen LogP contribution in [0, 0.1) is 0 Å². The van der Waals surface area contributed by atoms with Gasteiger partial charge in [0.25, 0.3) is 0 Å². The number of allylic oxidation sites excluding steroid dienone is 1. The number of hydrogen-bond acceptors (Lipinski definition) is 4. The fraction of sp³-hybridized carbons (Fsp3) is 0.375. The Morgan fingerprint density at radius 2 is 1.82 bits per heavy atom. The molecule has 0 spiro atoms. The van der Waals surface area contributed by atoms with E-state index < -0.39 is 6.29 Å². The molecule has 1 aliphatic heterocycles. The van der Waals surface area contributed by atoms with Crippen LogP contribution in [0.15, 0.2) is 60.7 Å². The minimum Gasteiger partial charge on any atom is -0.489 e. The molecule has 2 aliphatic rings. The van der Waals surface area contributed by atoms with Gasteiger partial charge in [-0.2, -0.15) is 0 Å². The lowest BCUT2D eigenvalue weighted by molar-refractivity contribution is -0.0769. The molecule has 4 nitrogen and oxygen atoms in total. The molecule has 3 aromatic carbocycles. The average Bonchev–Trinajstić information content (AvgIpc) is 3.30. The van der Waals surface area contributed by atoms with Crippen molar-refractivity contribution in [2.24, 2.45) is 0 Å². The molecule has 5 rings (SSSR count). The monoisotopic (exact) mass is 569 g/mol. The Balaban J connectivity index is 1.51. The van der Waals surface area contributed by atoms with Crippen LogP contribution in [-0.4, -0.2) is 49.5 Å². The van der Waals surface area contributed by atoms with Gasteiger partial charge in [0.05, 0.1) is 6.67 Å². The number of hydrogen-bond donors (Lipinski definition) is 1. The molecule has 0 saturated carbocycles. The number of methoxy groups -OCH3 is 1. The van der Waals surface area contributed by atoms with E-state index in [1.165, 1.54) is 18.2 Å². The molecule has 1 fully saturated rings. The third-order valence-corrected chi connectivity index (χ3v) is 8.17. The molecule has 1 N–H and O–H groups in total. The van der Waals surface area contributed by atoms with Crippen LogP contribution < -0.4 is 4.74 Å². The number of aliphatic hydroxyl groups is 1. The zero-order chi connectivity index (χ0) is 27.4. The van der Waals surface area contributed by atoms with Gasteiger partial charge < -0.3 is 14.6 Å². The molecule has 7 heteroatoms. The summed E-state index contributed by atoms with van der Waals surface area (Å²) in [5.74, 6) is 0.829. The van der Waals surface area contributed by atoms with Crippen molar-refractivity contribution in [2.75, 3.05) is 33.4 Å². The molecule has 3 aromatic rings. The molecule has 0 aromatic heterocycles. The van der Waals surface area contributed by atoms with Crippen LogP contribution in [0.4, 0.5) is 4.39 Å². The minimum atomic E-state index is -0.962. The highest BCUT2D eigenvalue weighted by molar-refractivity contribution is 6.36. The number of nitrogens with zero attached hydrogens (tertiary/aromatic N) is 1. The number of fused-ring (bicyclic) bond motifs is 1. The summed E-state index contributed by atoms with van der Waals surface area (Å²) in [6, 6.07) is 20.0. The van der Waals surface area contributed by atoms with Crippen molar-refractivity contribution in [1.29, 1.82) is 0 Å². The van der Waals surface area contributed by atoms with Crippen molar-refractivity contribution in [1.82, 2.24) is 4.90 Å². The SMILES string of the molecule is COC(O)c1ccc2c(c1)CCCC(c1ccc(Cl)cc1Cl)=C2c1ccc(O[C@H]2CCN(CCCF)C2)cc1. The number of likely N-dealkylation sites (tertiary alicyclic amines) is 1. The lowest BCUT2D eigenvalue weighted by Gasteiger charge is -2.20. The largest absolute Gasteiger partial charge is 0.489 e. The molecular formula is C32H34Cl2FNO3. The lowest BCUT2D eigenvalue weighted by atomic mass is 9.87. The number of aliphatic hydroxyl groups excluding tert-OH is 1. The number of alkyl halides is 1. The van der Waals surface area contributed by atoms with Gasteiger partial charge in [0.15, 0.2) is 6.29 Å². The van der Waals surface area contributed by atoms with Gasteiger partial charge >= 0.3 is 0 Å². The van der Waals surface area contributed by atoms with E-state index >= 15 is 0 Å². The number of aryl methyl sites for hydroxylation is 1. The summed E-state index contributed by atoms with van der Waals surface area (Å²) in [5.41, 5.74) is 7.36. The van der Waals surface area contributed by atoms with Gasteiger partial charge in [-0.1, -0.05) is 59.6 Å². The Labute approximate surface area is 240 Å². The van der Waals surface area contributed by atoms with Crippen molar-refractivity contribution in [2.45, 2.75) is 44.5 Å². The van der Waals surface area contributed by atoms with E-state index in [2.05, 4.69) is 23.1 Å². The Bertz CT molecular complexity index is 1330. The van der Waals surface area contributed by atoms with Crippen molar-refractivity contribution in [3.63, 3.8) is 0 Å². The number of halogens is 3. The van der Waals surface area contributed by atoms with Crippen LogP contribution in [0.3, 0.4) is 0 Å². The number of rotatable bonds is 9. The second-order valence-electron chi connectivity index (χ2n) is 10.2. The van der Waals surface area contributed by atoms with Crippen molar-refractivity contribution >= 4 is 34.3 Å². The number of benzene rings is 3. The summed E-state index contributed by atoms with van der Waals surface area (Å²) < 4.78 is 24.0. The predicted octanol–water partition coefficient (Wildman–Crippen LogP) is 7.74. The van der Waals surface area contributed by atoms with Crippen LogP contribution >= 0.6 is 23.2 Å². The van der Waals surface area contributed by atoms with Gasteiger partial charge in [-0.15, -0.1) is 0 Å². The van der Waals surface area contributed by atoms with Crippen LogP contribution in [0.2, 0.25) is 10.0 Å². The van der Waals surface area contributed by atoms with E-state index in [0.717, 1.165) is 78.9 Å². The third-order valence-electron chi connectivity index (χ3n) is 7.62. The summed E-state index contributed by atoms with van der Waals surface area (Å²) >= 11 is 13.0. The van der Waals surface area contributed by atoms with Crippen LogP contribution in [0.5, 0.6) is 5.75 Å². The summed E-state index contributed by atoms with van der Waals surface area (Å²) in [4.78, 5) is 2.27. The van der Waals surface area contributed by atoms with E-state index in [-0.39, 0.29) is 12.8 Å². The smallest absolute Gasteiger partial charge is 0.180 e. The Kier molecular flexibility index (Phi) is 9.26. The van der Waals surface area contributed by atoms with E-state index in [4.69, 9.17) is 32.7 Å². The zero-order valence-corrected chi connectivity index (χ0v) is 23.6. The maximum Gasteiger partial charge on any atom is 0.180 e. The Morgan fingerprint density at radius 3 is 2.56 bits per heavy atom. The molecule has 0 radical (unpaired) electrons. The normalized spacial score (nSPS) is 18.6. The first-order valence-electron chi connectivity index (χ1n) is 13.5. The van der Waals surface area contributed by atoms with Gasteiger partial charge in [0.2, 0.25) is 0 Å². The molecule has 39 heavy (non-hydrogen) atoms. The van der Waals surface area contributed by atoms with Gasteiger partial charge in [-0.3, -0.25) is 9.29 Å². The maximum absolute atomic E-state index is 12.6. The summed E-state index contributed by atoms with van der Waals surface area (Å²) in [5, 5.41) is 11.5. The minimum absolute atomic E-state index is 0.113. The highest BCUT2D eigenvalue weighted by atomic mass is 35.5. The Hall–Kier alpha value is -2.41. The summed E-state index contributed by atoms with van der Waals surface area (Å²) in [6.45, 7) is 2.27. The van der Waals surface area contributed by atoms with E-state index in [1.54, 1.807) is 6.07 Å². The molecule has 2 atom stereocenters. The second-order valence-corrected chi connectivity index (χ2v) is 11.1. The van der Waals surface area contributed by atoms with Gasteiger partial charge in [0, 0.05) is 42.4 Å². The third kappa shape index (κ3) is 6.50. The molecule has 206 valence electrons. The topological polar surface area (TPSA) is 41.9 Å². The van der Waals surface area contributed by atoms with E-state index in [9.17, 15) is 9.50 Å². The first-order chi connectivity index (χ1) is 19.0. The van der Waals surface area contributed by atoms with Crippen LogP contribution in [-0.2, 0) is 11.2 Å². The van der Waals surface area contributed by atoms with Gasteiger partial charge in [0.1, 0.15) is 11.9 Å². The van der Waals surface area contributed by atoms with Crippen LogP contribution in [0.25, 0.3) is 11.1 Å². The number of ether oxygens (including phenoxy) is 2. The van der Waals surface area contributed by atoms with Crippen LogP contribution in [0.1, 0.15) is 59.8 Å². The van der Waals surface area contributed by atoms with Crippen molar-refractivity contribution < 1.29 is 19.0 Å². The maximum atomic E-state index is 12.6. The zero-order valence-electron chi connectivity index (χ0n) is 22.1. The quantitative estimate of drug-likeness (QED) is 0.267. The van der Waals surface area contributed by atoms with Crippen molar-refractivity contribution in [3.8, 4) is 5.75 Å². The second kappa shape index (κ2) is 12.8. The van der Waals surface area contributed by atoms with Crippen molar-refractivity contribution in [3.05, 3.63) is 98.5 Å². The average molecular weight is 571 g/mol. The standard InChI is InChI=1S/C32H34Cl2FNO3/c1-38-32(37)23-8-12-27-22(18-23)4-2-5-29(28-13-9-24(33)19-30(28)34)31(27)21-6-10-25(11-7-21)39-26-14-17-36(20-26)16-3-15-35/h6-13,18-19,26,32,37H,2-5,14-17,20H2,1H3/t26-,32?/m0/s1. The molecule has 0 amide bonds. The fourth-order valence-corrected chi connectivity index (χ4v) is 6.23. The molecule has 1 unspecified atom stereocenters. The molecule has 1 heterocycles. The molecule has 1 aliphatic carbocycles. The highest BCUT2D eigenvalue weighted by Gasteiger charge is 2.25. The first-order valence-corrected chi connectivity index (χ1v) is 14.3. The highest BCUT2D eigenvalue weighted by Crippen LogP contribution is 2.43. The van der Waals surface area contributed by atoms with E-state index in [0.29, 0.717) is 16.5 Å². The summed E-state index contributed by atoms with van der Waals surface area (Å²) in [7, 11) is 1.50. The molecule has 1 saturated heterocycles. The molecule has 0 bridgehead atoms. The van der Waals surface area contributed by atoms with Gasteiger partial charge in [-0.05, 0) is 89.8 Å². The first kappa shape index (κ1) is 28.1. The summed E-state index contributed by atoms with van der Waals surface area (Å²) in [6.07, 6.45) is 3.34.